The van der Waals surface area contributed by atoms with Crippen molar-refractivity contribution in [3.63, 3.8) is 0 Å². The normalized spacial score (nSPS) is 14.8. The van der Waals surface area contributed by atoms with E-state index in [0.717, 1.165) is 25.2 Å². The summed E-state index contributed by atoms with van der Waals surface area (Å²) in [5.41, 5.74) is -5.53. The third kappa shape index (κ3) is 5.76. The predicted molar refractivity (Wildman–Crippen MR) is 107 cm³/mol. The van der Waals surface area contributed by atoms with Gasteiger partial charge in [0, 0.05) is 10.3 Å². The zero-order chi connectivity index (χ0) is 20.8. The second kappa shape index (κ2) is 9.49. The van der Waals surface area contributed by atoms with E-state index >= 15 is 0 Å². The van der Waals surface area contributed by atoms with Crippen LogP contribution in [-0.2, 0) is 10.1 Å². The first-order chi connectivity index (χ1) is 13.1. The molecule has 0 aliphatic carbocycles. The van der Waals surface area contributed by atoms with E-state index < -0.39 is 15.6 Å². The van der Waals surface area contributed by atoms with Crippen molar-refractivity contribution in [2.24, 2.45) is 0 Å². The summed E-state index contributed by atoms with van der Waals surface area (Å²) in [4.78, 5) is 1.42. The molecule has 0 unspecified atom stereocenters. The molecule has 0 saturated heterocycles. The van der Waals surface area contributed by atoms with Gasteiger partial charge in [0.1, 0.15) is 5.75 Å². The van der Waals surface area contributed by atoms with Crippen LogP contribution in [0.2, 0.25) is 0 Å². The van der Waals surface area contributed by atoms with Crippen molar-refractivity contribution in [2.45, 2.75) is 30.2 Å². The molecule has 1 heterocycles. The van der Waals surface area contributed by atoms with Crippen LogP contribution in [0.3, 0.4) is 0 Å². The van der Waals surface area contributed by atoms with Crippen molar-refractivity contribution in [1.82, 2.24) is 0 Å². The Kier molecular flexibility index (Phi) is 7.56. The average molecular weight is 435 g/mol. The number of halogens is 3. The number of thiol groups is 1. The monoisotopic (exact) mass is 434 g/mol. The van der Waals surface area contributed by atoms with Crippen LogP contribution in [0, 0.1) is 0 Å². The van der Waals surface area contributed by atoms with Crippen LogP contribution in [0.25, 0.3) is 10.8 Å². The molecule has 2 aromatic carbocycles. The molecule has 9 heteroatoms. The largest absolute Gasteiger partial charge is 0.522 e. The van der Waals surface area contributed by atoms with Gasteiger partial charge in [0.2, 0.25) is 0 Å². The van der Waals surface area contributed by atoms with Crippen molar-refractivity contribution in [3.05, 3.63) is 59.4 Å². The van der Waals surface area contributed by atoms with Gasteiger partial charge >= 0.3 is 15.6 Å². The first kappa shape index (κ1) is 22.3. The van der Waals surface area contributed by atoms with E-state index in [-0.39, 0.29) is 10.9 Å². The summed E-state index contributed by atoms with van der Waals surface area (Å²) < 4.78 is 63.5. The Morgan fingerprint density at radius 1 is 1.04 bits per heavy atom. The Morgan fingerprint density at radius 3 is 2.14 bits per heavy atom. The van der Waals surface area contributed by atoms with Crippen molar-refractivity contribution < 1.29 is 30.9 Å². The minimum atomic E-state index is -5.84. The second-order valence-electron chi connectivity index (χ2n) is 5.84. The van der Waals surface area contributed by atoms with E-state index in [9.17, 15) is 13.2 Å². The minimum absolute atomic E-state index is 0.285. The molecular weight excluding hydrogens is 413 g/mol. The van der Waals surface area contributed by atoms with Gasteiger partial charge in [0.15, 0.2) is 0 Å². The minimum Gasteiger partial charge on any atom is -0.493 e. The number of fused-ring (bicyclic) bond motifs is 1. The Bertz CT molecular complexity index is 955. The molecular formula is C19H21F3O4S2. The maximum absolute atomic E-state index is 10.7. The van der Waals surface area contributed by atoms with Crippen LogP contribution >= 0.6 is 10.9 Å². The number of alkyl halides is 3. The number of unbranched alkanes of at least 4 members (excludes halogenated alkanes) is 1. The van der Waals surface area contributed by atoms with Crippen molar-refractivity contribution in [2.75, 3.05) is 6.61 Å². The van der Waals surface area contributed by atoms with E-state index in [2.05, 4.69) is 66.3 Å². The molecule has 28 heavy (non-hydrogen) atoms. The SMILES string of the molecule is CCCCOc1ccc([SH]2C=CC=C2)c2ccccc12.O=S(=O)(O)C(F)(F)F. The molecule has 4 nitrogen and oxygen atoms in total. The fraction of sp³-hybridized carbons (Fsp3) is 0.263. The molecule has 3 rings (SSSR count). The summed E-state index contributed by atoms with van der Waals surface area (Å²) >= 11 is 0. The highest BCUT2D eigenvalue weighted by Crippen LogP contribution is 2.46. The lowest BCUT2D eigenvalue weighted by molar-refractivity contribution is -0.0510. The topological polar surface area (TPSA) is 63.6 Å². The van der Waals surface area contributed by atoms with E-state index in [0.29, 0.717) is 0 Å². The molecule has 2 aromatic rings. The van der Waals surface area contributed by atoms with Gasteiger partial charge in [-0.05, 0) is 34.8 Å². The lowest BCUT2D eigenvalue weighted by Crippen LogP contribution is -2.21. The molecule has 1 aliphatic rings. The van der Waals surface area contributed by atoms with Gasteiger partial charge in [-0.25, -0.2) is 0 Å². The van der Waals surface area contributed by atoms with Gasteiger partial charge in [0.25, 0.3) is 0 Å². The van der Waals surface area contributed by atoms with E-state index in [1.807, 2.05) is 0 Å². The zero-order valence-corrected chi connectivity index (χ0v) is 16.8. The summed E-state index contributed by atoms with van der Waals surface area (Å²) in [7, 11) is -6.13. The summed E-state index contributed by atoms with van der Waals surface area (Å²) in [6.45, 7) is 2.99. The van der Waals surface area contributed by atoms with Gasteiger partial charge in [-0.2, -0.15) is 32.5 Å². The lowest BCUT2D eigenvalue weighted by atomic mass is 10.1. The summed E-state index contributed by atoms with van der Waals surface area (Å²) in [5.74, 6) is 1.01. The standard InChI is InChI=1S/C18H20OS.CHF3O3S/c1-2-3-12-19-17-10-11-18(20-13-6-7-14-20)16-9-5-4-8-15(16)17;2-1(3,4)8(5,6)7/h4-11,13-14,20H,2-3,12H2,1H3;(H,5,6,7). The van der Waals surface area contributed by atoms with Gasteiger partial charge in [-0.3, -0.25) is 4.55 Å². The van der Waals surface area contributed by atoms with Gasteiger partial charge in [-0.15, -0.1) is 0 Å². The molecule has 0 atom stereocenters. The van der Waals surface area contributed by atoms with Gasteiger partial charge in [-0.1, -0.05) is 49.8 Å². The number of rotatable bonds is 5. The highest BCUT2D eigenvalue weighted by Gasteiger charge is 2.44. The fourth-order valence-electron chi connectivity index (χ4n) is 2.43. The summed E-state index contributed by atoms with van der Waals surface area (Å²) in [6, 6.07) is 12.9. The molecule has 0 bridgehead atoms. The first-order valence-corrected chi connectivity index (χ1v) is 11.4. The van der Waals surface area contributed by atoms with Crippen molar-refractivity contribution >= 4 is 31.8 Å². The number of ether oxygens (including phenoxy) is 1. The fourth-order valence-corrected chi connectivity index (χ4v) is 4.14. The lowest BCUT2D eigenvalue weighted by Gasteiger charge is -2.16. The third-order valence-electron chi connectivity index (χ3n) is 3.79. The predicted octanol–water partition coefficient (Wildman–Crippen LogP) is 5.81. The molecule has 154 valence electrons. The van der Waals surface area contributed by atoms with E-state index in [4.69, 9.17) is 17.7 Å². The number of hydrogen-bond donors (Lipinski definition) is 2. The number of allylic oxidation sites excluding steroid dienone is 2. The van der Waals surface area contributed by atoms with Crippen molar-refractivity contribution in [1.29, 1.82) is 0 Å². The maximum Gasteiger partial charge on any atom is 0.522 e. The van der Waals surface area contributed by atoms with Crippen LogP contribution < -0.4 is 4.74 Å². The molecule has 0 spiro atoms. The molecule has 0 amide bonds. The summed E-state index contributed by atoms with van der Waals surface area (Å²) in [6.07, 6.45) is 6.56. The first-order valence-electron chi connectivity index (χ1n) is 8.46. The van der Waals surface area contributed by atoms with E-state index in [1.54, 1.807) is 0 Å². The van der Waals surface area contributed by atoms with Crippen LogP contribution in [0.15, 0.2) is 64.3 Å². The highest BCUT2D eigenvalue weighted by molar-refractivity contribution is 8.22. The quantitative estimate of drug-likeness (QED) is 0.270. The molecule has 0 saturated carbocycles. The Balaban J connectivity index is 0.000000300. The Morgan fingerprint density at radius 2 is 1.61 bits per heavy atom. The second-order valence-corrected chi connectivity index (χ2v) is 9.15. The van der Waals surface area contributed by atoms with Crippen LogP contribution in [-0.4, -0.2) is 25.1 Å². The highest BCUT2D eigenvalue weighted by atomic mass is 32.2. The smallest absolute Gasteiger partial charge is 0.493 e. The number of hydrogen-bond acceptors (Lipinski definition) is 3. The number of benzene rings is 2. The van der Waals surface area contributed by atoms with Crippen LogP contribution in [0.5, 0.6) is 5.75 Å². The van der Waals surface area contributed by atoms with Crippen molar-refractivity contribution in [3.8, 4) is 5.75 Å². The van der Waals surface area contributed by atoms with Gasteiger partial charge < -0.3 is 4.74 Å². The van der Waals surface area contributed by atoms with Crippen LogP contribution in [0.4, 0.5) is 13.2 Å². The molecule has 0 radical (unpaired) electrons. The Labute approximate surface area is 164 Å². The zero-order valence-electron chi connectivity index (χ0n) is 15.1. The molecule has 1 aliphatic heterocycles. The Hall–Kier alpha value is -1.97. The van der Waals surface area contributed by atoms with E-state index in [1.165, 1.54) is 15.7 Å². The average Bonchev–Trinajstić information content (AvgIpc) is 3.15. The molecule has 1 N–H and O–H groups in total. The summed E-state index contributed by atoms with van der Waals surface area (Å²) in [5, 5.41) is 7.16. The maximum atomic E-state index is 10.7. The molecule has 0 aromatic heterocycles. The van der Waals surface area contributed by atoms with Gasteiger partial charge in [0.05, 0.1) is 6.61 Å². The third-order valence-corrected chi connectivity index (χ3v) is 6.31. The molecule has 0 fully saturated rings. The van der Waals surface area contributed by atoms with Crippen LogP contribution in [0.1, 0.15) is 19.8 Å².